The molecule has 3 aromatic rings. The van der Waals surface area contributed by atoms with Crippen molar-refractivity contribution in [2.75, 3.05) is 16.0 Å². The molecule has 6 nitrogen and oxygen atoms in total. The van der Waals surface area contributed by atoms with E-state index in [1.54, 1.807) is 0 Å². The summed E-state index contributed by atoms with van der Waals surface area (Å²) in [4.78, 5) is 37.3. The Morgan fingerprint density at radius 2 is 1.46 bits per heavy atom. The third-order valence-electron chi connectivity index (χ3n) is 6.62. The molecule has 0 bridgehead atoms. The molecule has 46 heavy (non-hydrogen) atoms. The van der Waals surface area contributed by atoms with Crippen LogP contribution in [0.15, 0.2) is 48.5 Å². The number of rotatable bonds is 8. The number of alkyl halides is 9. The number of carbonyl (C=O) groups is 3. The third kappa shape index (κ3) is 6.83. The number of hydrogen-bond acceptors (Lipinski definition) is 3. The van der Waals surface area contributed by atoms with E-state index in [0.717, 1.165) is 23.5 Å². The number of hydrogen-bond donors (Lipinski definition) is 3. The van der Waals surface area contributed by atoms with Crippen molar-refractivity contribution in [2.24, 2.45) is 5.92 Å². The minimum absolute atomic E-state index is 0.161. The third-order valence-corrected chi connectivity index (χ3v) is 7.89. The van der Waals surface area contributed by atoms with Crippen LogP contribution in [0.25, 0.3) is 0 Å². The van der Waals surface area contributed by atoms with Crippen molar-refractivity contribution in [1.82, 2.24) is 0 Å². The molecule has 19 heteroatoms. The minimum Gasteiger partial charge on any atom is -0.326 e. The van der Waals surface area contributed by atoms with Gasteiger partial charge < -0.3 is 16.0 Å². The highest BCUT2D eigenvalue weighted by atomic mass is 35.5. The van der Waals surface area contributed by atoms with Crippen LogP contribution in [0.2, 0.25) is 5.02 Å². The van der Waals surface area contributed by atoms with Crippen LogP contribution in [0.4, 0.5) is 61.0 Å². The van der Waals surface area contributed by atoms with E-state index in [1.807, 2.05) is 5.32 Å². The Balaban J connectivity index is 1.53. The van der Waals surface area contributed by atoms with Gasteiger partial charge >= 0.3 is 24.4 Å². The van der Waals surface area contributed by atoms with E-state index in [9.17, 15) is 58.3 Å². The highest BCUT2D eigenvalue weighted by Gasteiger charge is 2.67. The first-order valence-corrected chi connectivity index (χ1v) is 13.4. The Labute approximate surface area is 266 Å². The van der Waals surface area contributed by atoms with Gasteiger partial charge in [-0.15, -0.1) is 23.2 Å². The van der Waals surface area contributed by atoms with E-state index in [0.29, 0.717) is 24.3 Å². The maximum Gasteiger partial charge on any atom is 0.419 e. The van der Waals surface area contributed by atoms with Crippen molar-refractivity contribution in [3.8, 4) is 0 Å². The van der Waals surface area contributed by atoms with Crippen molar-refractivity contribution in [3.05, 3.63) is 87.7 Å². The highest BCUT2D eigenvalue weighted by molar-refractivity contribution is 6.53. The molecule has 0 radical (unpaired) electrons. The quantitative estimate of drug-likeness (QED) is 0.161. The van der Waals surface area contributed by atoms with Crippen LogP contribution in [0.3, 0.4) is 0 Å². The van der Waals surface area contributed by atoms with E-state index in [2.05, 4.69) is 5.32 Å². The number of benzene rings is 3. The Morgan fingerprint density at radius 1 is 0.826 bits per heavy atom. The lowest BCUT2D eigenvalue weighted by atomic mass is 10.0. The average molecular weight is 725 g/mol. The van der Waals surface area contributed by atoms with Crippen molar-refractivity contribution in [3.63, 3.8) is 0 Å². The van der Waals surface area contributed by atoms with Gasteiger partial charge in [0.05, 0.1) is 27.8 Å². The first kappa shape index (κ1) is 35.1. The number of carbonyl (C=O) groups excluding carboxylic acids is 3. The molecule has 0 aliphatic heterocycles. The first-order chi connectivity index (χ1) is 21.2. The van der Waals surface area contributed by atoms with Gasteiger partial charge in [-0.3, -0.25) is 14.4 Å². The number of halogens is 13. The fourth-order valence-corrected chi connectivity index (χ4v) is 5.30. The van der Waals surface area contributed by atoms with Crippen LogP contribution < -0.4 is 16.0 Å². The minimum atomic E-state index is -5.31. The van der Waals surface area contributed by atoms with Gasteiger partial charge in [-0.1, -0.05) is 17.7 Å². The maximum absolute atomic E-state index is 14.9. The van der Waals surface area contributed by atoms with E-state index in [1.165, 1.54) is 6.07 Å². The zero-order valence-electron chi connectivity index (χ0n) is 22.0. The van der Waals surface area contributed by atoms with Gasteiger partial charge in [0.15, 0.2) is 5.82 Å². The van der Waals surface area contributed by atoms with Crippen LogP contribution in [-0.2, 0) is 15.8 Å². The second kappa shape index (κ2) is 12.4. The van der Waals surface area contributed by atoms with Gasteiger partial charge in [-0.2, -0.15) is 22.0 Å². The van der Waals surface area contributed by atoms with Crippen LogP contribution >= 0.6 is 34.8 Å². The molecular weight excluding hydrogens is 711 g/mol. The topological polar surface area (TPSA) is 87.3 Å². The van der Waals surface area contributed by atoms with Gasteiger partial charge in [-0.05, 0) is 48.0 Å². The Morgan fingerprint density at radius 3 is 2.07 bits per heavy atom. The average Bonchev–Trinajstić information content (AvgIpc) is 3.54. The Bertz CT molecular complexity index is 1740. The van der Waals surface area contributed by atoms with Crippen LogP contribution in [-0.4, -0.2) is 34.4 Å². The largest absolute Gasteiger partial charge is 0.419 e. The molecule has 1 aliphatic carbocycles. The van der Waals surface area contributed by atoms with Crippen LogP contribution in [0.1, 0.15) is 27.4 Å². The van der Waals surface area contributed by atoms with Gasteiger partial charge in [0.1, 0.15) is 21.7 Å². The van der Waals surface area contributed by atoms with Gasteiger partial charge in [0, 0.05) is 11.6 Å². The normalized spacial score (nSPS) is 17.4. The number of nitrogens with one attached hydrogen (secondary N) is 3. The highest BCUT2D eigenvalue weighted by Crippen LogP contribution is 2.65. The molecule has 4 rings (SSSR count). The summed E-state index contributed by atoms with van der Waals surface area (Å²) in [7, 11) is 0. The lowest BCUT2D eigenvalue weighted by Crippen LogP contribution is -2.41. The van der Waals surface area contributed by atoms with E-state index < -0.39 is 92.4 Å². The van der Waals surface area contributed by atoms with E-state index in [-0.39, 0.29) is 16.3 Å². The molecule has 0 saturated heterocycles. The smallest absolute Gasteiger partial charge is 0.326 e. The van der Waals surface area contributed by atoms with Crippen LogP contribution in [0.5, 0.6) is 0 Å². The lowest BCUT2D eigenvalue weighted by Gasteiger charge is -2.17. The number of amides is 3. The lowest BCUT2D eigenvalue weighted by molar-refractivity contribution is -0.163. The molecule has 0 aromatic heterocycles. The first-order valence-electron chi connectivity index (χ1n) is 12.3. The molecule has 0 spiro atoms. The fourth-order valence-electron chi connectivity index (χ4n) is 4.27. The van der Waals surface area contributed by atoms with Gasteiger partial charge in [0.2, 0.25) is 5.91 Å². The molecule has 0 heterocycles. The predicted molar refractivity (Wildman–Crippen MR) is 146 cm³/mol. The Hall–Kier alpha value is -3.76. The number of anilines is 3. The SMILES string of the molecule is O=C(Nc1ccc(F)c(NC(=O)C(F)(F)C(F)F)c1F)c1cc(NC(=O)[C@H]2[C@H](c3ccc(F)c(C(F)(F)F)c3)C2(Cl)Cl)ccc1Cl. The molecule has 1 saturated carbocycles. The summed E-state index contributed by atoms with van der Waals surface area (Å²) in [5, 5.41) is 4.95. The van der Waals surface area contributed by atoms with Gasteiger partial charge in [0.25, 0.3) is 5.91 Å². The second-order valence-electron chi connectivity index (χ2n) is 9.67. The summed E-state index contributed by atoms with van der Waals surface area (Å²) in [6.07, 6.45) is -9.55. The van der Waals surface area contributed by atoms with E-state index in [4.69, 9.17) is 34.8 Å². The maximum atomic E-state index is 14.9. The summed E-state index contributed by atoms with van der Waals surface area (Å²) in [5.74, 6) is -17.8. The second-order valence-corrected chi connectivity index (χ2v) is 11.5. The summed E-state index contributed by atoms with van der Waals surface area (Å²) in [6, 6.07) is 6.21. The van der Waals surface area contributed by atoms with Crippen molar-refractivity contribution < 1.29 is 58.3 Å². The standard InChI is InChI=1S/C27H14Cl3F10N3O3/c28-13-3-2-10(41-22(45)18-17(25(18,29)30)9-1-4-14(31)12(7-9)27(38,39)40)8-11(13)21(44)42-16-6-5-15(32)20(19(16)33)43-24(46)26(36,37)23(34)35/h1-8,17-18,23H,(H,41,45)(H,42,44)(H,43,46)/t17-,18+/m0/s1. The summed E-state index contributed by atoms with van der Waals surface area (Å²) < 4.78 is 132. The van der Waals surface area contributed by atoms with Crippen molar-refractivity contribution >= 4 is 69.6 Å². The fraction of sp³-hybridized carbons (Fsp3) is 0.222. The molecule has 246 valence electrons. The summed E-state index contributed by atoms with van der Waals surface area (Å²) in [6.45, 7) is 0. The predicted octanol–water partition coefficient (Wildman–Crippen LogP) is 8.39. The molecule has 3 N–H and O–H groups in total. The molecule has 3 aromatic carbocycles. The summed E-state index contributed by atoms with van der Waals surface area (Å²) in [5.41, 5.74) is -4.92. The summed E-state index contributed by atoms with van der Waals surface area (Å²) >= 11 is 18.3. The molecule has 1 fully saturated rings. The van der Waals surface area contributed by atoms with Crippen molar-refractivity contribution in [1.29, 1.82) is 0 Å². The molecule has 3 amide bonds. The molecule has 2 atom stereocenters. The zero-order chi connectivity index (χ0) is 34.5. The van der Waals surface area contributed by atoms with Gasteiger partial charge in [-0.25, -0.2) is 22.0 Å². The molecular formula is C27H14Cl3F10N3O3. The molecule has 0 unspecified atom stereocenters. The van der Waals surface area contributed by atoms with Crippen molar-refractivity contribution in [2.45, 2.75) is 28.8 Å². The zero-order valence-corrected chi connectivity index (χ0v) is 24.3. The van der Waals surface area contributed by atoms with Crippen LogP contribution in [0, 0.1) is 23.4 Å². The Kier molecular flexibility index (Phi) is 9.50. The molecule has 1 aliphatic rings. The monoisotopic (exact) mass is 723 g/mol. The van der Waals surface area contributed by atoms with E-state index >= 15 is 0 Å².